The van der Waals surface area contributed by atoms with Crippen LogP contribution >= 0.6 is 0 Å². The van der Waals surface area contributed by atoms with Crippen LogP contribution in [0.2, 0.25) is 0 Å². The van der Waals surface area contributed by atoms with Gasteiger partial charge in [0.2, 0.25) is 5.91 Å². The Bertz CT molecular complexity index is 820. The first-order valence-electron chi connectivity index (χ1n) is 10.2. The summed E-state index contributed by atoms with van der Waals surface area (Å²) in [6, 6.07) is 13.9. The Morgan fingerprint density at radius 2 is 1.66 bits per heavy atom. The van der Waals surface area contributed by atoms with E-state index in [9.17, 15) is 4.79 Å². The first-order chi connectivity index (χ1) is 14.2. The molecule has 154 valence electrons. The number of hydrogen-bond donors (Lipinski definition) is 1. The average Bonchev–Trinajstić information content (AvgIpc) is 2.77. The Kier molecular flexibility index (Phi) is 7.70. The van der Waals surface area contributed by atoms with Gasteiger partial charge < -0.3 is 14.8 Å². The molecule has 0 spiro atoms. The molecule has 1 N–H and O–H groups in total. The molecule has 0 unspecified atom stereocenters. The molecule has 1 heterocycles. The van der Waals surface area contributed by atoms with Crippen molar-refractivity contribution in [2.75, 3.05) is 27.3 Å². The van der Waals surface area contributed by atoms with Gasteiger partial charge >= 0.3 is 0 Å². The number of rotatable bonds is 8. The number of piperidine rings is 1. The van der Waals surface area contributed by atoms with Gasteiger partial charge in [0.1, 0.15) is 11.5 Å². The van der Waals surface area contributed by atoms with Crippen molar-refractivity contribution < 1.29 is 14.3 Å². The number of nitrogens with zero attached hydrogens (tertiary/aromatic N) is 1. The van der Waals surface area contributed by atoms with Crippen LogP contribution in [0.1, 0.15) is 36.0 Å². The molecule has 0 aromatic heterocycles. The highest BCUT2D eigenvalue weighted by molar-refractivity contribution is 5.91. The van der Waals surface area contributed by atoms with Crippen molar-refractivity contribution in [3.05, 3.63) is 65.2 Å². The first-order valence-corrected chi connectivity index (χ1v) is 10.2. The van der Waals surface area contributed by atoms with E-state index in [1.165, 1.54) is 30.4 Å². The SMILES string of the molecule is COc1cc(/C=C/C(=O)NCc2ccccc2CN2CCCCC2)cc(OC)c1. The van der Waals surface area contributed by atoms with Crippen LogP contribution in [0.25, 0.3) is 6.08 Å². The molecule has 1 aliphatic heterocycles. The van der Waals surface area contributed by atoms with Gasteiger partial charge in [-0.05, 0) is 60.8 Å². The molecule has 0 bridgehead atoms. The van der Waals surface area contributed by atoms with E-state index in [1.807, 2.05) is 18.2 Å². The van der Waals surface area contributed by atoms with Crippen molar-refractivity contribution >= 4 is 12.0 Å². The molecule has 3 rings (SSSR count). The summed E-state index contributed by atoms with van der Waals surface area (Å²) in [5.41, 5.74) is 3.31. The van der Waals surface area contributed by atoms with E-state index in [-0.39, 0.29) is 5.91 Å². The molecule has 1 fully saturated rings. The molecule has 0 atom stereocenters. The number of hydrogen-bond acceptors (Lipinski definition) is 4. The summed E-state index contributed by atoms with van der Waals surface area (Å²) < 4.78 is 10.5. The lowest BCUT2D eigenvalue weighted by atomic mass is 10.0. The summed E-state index contributed by atoms with van der Waals surface area (Å²) >= 11 is 0. The van der Waals surface area contributed by atoms with Gasteiger partial charge in [0, 0.05) is 25.2 Å². The minimum atomic E-state index is -0.125. The van der Waals surface area contributed by atoms with Crippen molar-refractivity contribution in [2.24, 2.45) is 0 Å². The molecule has 5 heteroatoms. The van der Waals surface area contributed by atoms with Gasteiger partial charge in [0.25, 0.3) is 0 Å². The molecule has 29 heavy (non-hydrogen) atoms. The zero-order valence-electron chi connectivity index (χ0n) is 17.3. The van der Waals surface area contributed by atoms with Crippen molar-refractivity contribution in [1.82, 2.24) is 10.2 Å². The third-order valence-corrected chi connectivity index (χ3v) is 5.22. The van der Waals surface area contributed by atoms with Crippen LogP contribution in [0.4, 0.5) is 0 Å². The van der Waals surface area contributed by atoms with Gasteiger partial charge in [0.05, 0.1) is 14.2 Å². The average molecular weight is 395 g/mol. The summed E-state index contributed by atoms with van der Waals surface area (Å²) in [5.74, 6) is 1.26. The number of carbonyl (C=O) groups is 1. The van der Waals surface area contributed by atoms with E-state index < -0.39 is 0 Å². The highest BCUT2D eigenvalue weighted by Gasteiger charge is 2.12. The Labute approximate surface area is 173 Å². The molecule has 0 radical (unpaired) electrons. The second kappa shape index (κ2) is 10.7. The monoisotopic (exact) mass is 394 g/mol. The molecule has 0 saturated carbocycles. The molecule has 2 aromatic rings. The topological polar surface area (TPSA) is 50.8 Å². The normalized spacial score (nSPS) is 14.7. The lowest BCUT2D eigenvalue weighted by molar-refractivity contribution is -0.116. The minimum absolute atomic E-state index is 0.125. The van der Waals surface area contributed by atoms with Crippen molar-refractivity contribution in [2.45, 2.75) is 32.4 Å². The molecule has 5 nitrogen and oxygen atoms in total. The molecule has 2 aromatic carbocycles. The van der Waals surface area contributed by atoms with Gasteiger partial charge in [-0.25, -0.2) is 0 Å². The van der Waals surface area contributed by atoms with Crippen LogP contribution in [0.3, 0.4) is 0 Å². The summed E-state index contributed by atoms with van der Waals surface area (Å²) in [5, 5.41) is 3.00. The number of carbonyl (C=O) groups excluding carboxylic acids is 1. The molecular weight excluding hydrogens is 364 g/mol. The molecule has 0 aliphatic carbocycles. The second-order valence-corrected chi connectivity index (χ2v) is 7.30. The van der Waals surface area contributed by atoms with Crippen LogP contribution < -0.4 is 14.8 Å². The lowest BCUT2D eigenvalue weighted by Gasteiger charge is -2.27. The van der Waals surface area contributed by atoms with Crippen molar-refractivity contribution in [3.8, 4) is 11.5 Å². The third kappa shape index (κ3) is 6.36. The lowest BCUT2D eigenvalue weighted by Crippen LogP contribution is -2.30. The van der Waals surface area contributed by atoms with Crippen LogP contribution in [0.5, 0.6) is 11.5 Å². The molecular formula is C24H30N2O3. The maximum atomic E-state index is 12.3. The first kappa shape index (κ1) is 20.9. The van der Waals surface area contributed by atoms with E-state index in [0.717, 1.165) is 25.2 Å². The van der Waals surface area contributed by atoms with Gasteiger partial charge in [-0.1, -0.05) is 30.7 Å². The molecule has 1 amide bonds. The van der Waals surface area contributed by atoms with Gasteiger partial charge in [0.15, 0.2) is 0 Å². The van der Waals surface area contributed by atoms with Crippen molar-refractivity contribution in [1.29, 1.82) is 0 Å². The minimum Gasteiger partial charge on any atom is -0.497 e. The Hall–Kier alpha value is -2.79. The van der Waals surface area contributed by atoms with Crippen molar-refractivity contribution in [3.63, 3.8) is 0 Å². The maximum Gasteiger partial charge on any atom is 0.244 e. The highest BCUT2D eigenvalue weighted by atomic mass is 16.5. The van der Waals surface area contributed by atoms with E-state index >= 15 is 0 Å². The molecule has 1 aliphatic rings. The number of benzene rings is 2. The van der Waals surface area contributed by atoms with Gasteiger partial charge in [-0.15, -0.1) is 0 Å². The highest BCUT2D eigenvalue weighted by Crippen LogP contribution is 2.23. The van der Waals surface area contributed by atoms with Crippen LogP contribution in [0, 0.1) is 0 Å². The summed E-state index contributed by atoms with van der Waals surface area (Å²) in [6.07, 6.45) is 7.19. The van der Waals surface area contributed by atoms with Gasteiger partial charge in [-0.2, -0.15) is 0 Å². The van der Waals surface area contributed by atoms with Crippen LogP contribution in [0.15, 0.2) is 48.5 Å². The molecule has 1 saturated heterocycles. The zero-order valence-corrected chi connectivity index (χ0v) is 17.3. The fourth-order valence-electron chi connectivity index (χ4n) is 3.58. The predicted octanol–water partition coefficient (Wildman–Crippen LogP) is 4.02. The Morgan fingerprint density at radius 1 is 1.00 bits per heavy atom. The van der Waals surface area contributed by atoms with E-state index in [0.29, 0.717) is 18.0 Å². The van der Waals surface area contributed by atoms with Gasteiger partial charge in [-0.3, -0.25) is 9.69 Å². The number of likely N-dealkylation sites (tertiary alicyclic amines) is 1. The third-order valence-electron chi connectivity index (χ3n) is 5.22. The smallest absolute Gasteiger partial charge is 0.244 e. The maximum absolute atomic E-state index is 12.3. The standard InChI is InChI=1S/C24H30N2O3/c1-28-22-14-19(15-23(16-22)29-2)10-11-24(27)25-17-20-8-4-5-9-21(20)18-26-12-6-3-7-13-26/h4-5,8-11,14-16H,3,6-7,12-13,17-18H2,1-2H3,(H,25,27)/b11-10+. The Balaban J connectivity index is 1.59. The Morgan fingerprint density at radius 3 is 2.31 bits per heavy atom. The fourth-order valence-corrected chi connectivity index (χ4v) is 3.58. The number of amides is 1. The number of ether oxygens (including phenoxy) is 2. The number of nitrogens with one attached hydrogen (secondary N) is 1. The quantitative estimate of drug-likeness (QED) is 0.687. The summed E-state index contributed by atoms with van der Waals surface area (Å²) in [4.78, 5) is 14.8. The summed E-state index contributed by atoms with van der Waals surface area (Å²) in [7, 11) is 3.21. The van der Waals surface area contributed by atoms with E-state index in [1.54, 1.807) is 32.4 Å². The number of methoxy groups -OCH3 is 2. The predicted molar refractivity (Wildman–Crippen MR) is 116 cm³/mol. The second-order valence-electron chi connectivity index (χ2n) is 7.30. The van der Waals surface area contributed by atoms with E-state index in [4.69, 9.17) is 9.47 Å². The zero-order chi connectivity index (χ0) is 20.5. The largest absolute Gasteiger partial charge is 0.497 e. The van der Waals surface area contributed by atoms with Crippen LogP contribution in [-0.4, -0.2) is 38.1 Å². The summed E-state index contributed by atoms with van der Waals surface area (Å²) in [6.45, 7) is 3.79. The van der Waals surface area contributed by atoms with E-state index in [2.05, 4.69) is 28.4 Å². The van der Waals surface area contributed by atoms with Crippen LogP contribution in [-0.2, 0) is 17.9 Å². The fraction of sp³-hybridized carbons (Fsp3) is 0.375.